The normalized spacial score (nSPS) is 17.2. The molecule has 2 amide bonds. The third kappa shape index (κ3) is 5.82. The van der Waals surface area contributed by atoms with E-state index in [-0.39, 0.29) is 11.8 Å². The average Bonchev–Trinajstić information content (AvgIpc) is 3.22. The second-order valence-corrected chi connectivity index (χ2v) is 8.23. The monoisotopic (exact) mass is 421 g/mol. The van der Waals surface area contributed by atoms with Crippen LogP contribution >= 0.6 is 0 Å². The molecule has 0 radical (unpaired) electrons. The molecule has 0 saturated carbocycles. The largest absolute Gasteiger partial charge is 0.367 e. The summed E-state index contributed by atoms with van der Waals surface area (Å²) in [6, 6.07) is 12.2. The summed E-state index contributed by atoms with van der Waals surface area (Å²) < 4.78 is 0. The van der Waals surface area contributed by atoms with Crippen LogP contribution in [0.2, 0.25) is 0 Å². The molecule has 2 aromatic rings. The molecule has 31 heavy (non-hydrogen) atoms. The van der Waals surface area contributed by atoms with Gasteiger partial charge in [-0.25, -0.2) is 0 Å². The van der Waals surface area contributed by atoms with Crippen LogP contribution in [0.4, 0.5) is 11.4 Å². The number of likely N-dealkylation sites (tertiary alicyclic amines) is 1. The fourth-order valence-electron chi connectivity index (χ4n) is 4.29. The first-order valence-electron chi connectivity index (χ1n) is 11.2. The first kappa shape index (κ1) is 21.3. The summed E-state index contributed by atoms with van der Waals surface area (Å²) in [5.41, 5.74) is 3.24. The average molecular weight is 422 g/mol. The van der Waals surface area contributed by atoms with Crippen LogP contribution in [0.1, 0.15) is 24.8 Å². The van der Waals surface area contributed by atoms with Crippen molar-refractivity contribution in [3.63, 3.8) is 0 Å². The highest BCUT2D eigenvalue weighted by Crippen LogP contribution is 2.27. The van der Waals surface area contributed by atoms with Crippen molar-refractivity contribution in [2.75, 3.05) is 56.0 Å². The summed E-state index contributed by atoms with van der Waals surface area (Å²) in [5.74, 6) is 0.123. The Bertz CT molecular complexity index is 881. The number of carbonyl (C=O) groups is 2. The molecule has 3 heterocycles. The summed E-state index contributed by atoms with van der Waals surface area (Å²) >= 11 is 0. The van der Waals surface area contributed by atoms with Gasteiger partial charge in [-0.2, -0.15) is 0 Å². The first-order chi connectivity index (χ1) is 15.2. The van der Waals surface area contributed by atoms with E-state index in [1.807, 2.05) is 30.6 Å². The van der Waals surface area contributed by atoms with Crippen LogP contribution < -0.4 is 10.2 Å². The molecule has 0 aliphatic carbocycles. The number of piperazine rings is 1. The number of nitrogens with one attached hydrogen (secondary N) is 1. The van der Waals surface area contributed by atoms with Crippen molar-refractivity contribution >= 4 is 23.2 Å². The number of hydrogen-bond acceptors (Lipinski definition) is 5. The van der Waals surface area contributed by atoms with E-state index in [1.54, 1.807) is 4.90 Å². The van der Waals surface area contributed by atoms with E-state index in [1.165, 1.54) is 5.56 Å². The van der Waals surface area contributed by atoms with Crippen molar-refractivity contribution in [3.05, 3.63) is 54.4 Å². The zero-order chi connectivity index (χ0) is 21.5. The van der Waals surface area contributed by atoms with Gasteiger partial charge in [0.1, 0.15) is 0 Å². The van der Waals surface area contributed by atoms with E-state index < -0.39 is 0 Å². The lowest BCUT2D eigenvalue weighted by molar-refractivity contribution is -0.128. The summed E-state index contributed by atoms with van der Waals surface area (Å²) in [5, 5.41) is 3.07. The molecule has 0 bridgehead atoms. The SMILES string of the molecule is O=C(CCN1CCCC1=O)Nc1ccccc1N1CCN(CCc2ccncc2)CC1. The Morgan fingerprint density at radius 2 is 1.74 bits per heavy atom. The van der Waals surface area contributed by atoms with Gasteiger partial charge >= 0.3 is 0 Å². The van der Waals surface area contributed by atoms with Crippen LogP contribution in [0.5, 0.6) is 0 Å². The lowest BCUT2D eigenvalue weighted by Crippen LogP contribution is -2.47. The molecule has 2 saturated heterocycles. The van der Waals surface area contributed by atoms with Gasteiger partial charge in [0.15, 0.2) is 0 Å². The Morgan fingerprint density at radius 3 is 2.48 bits per heavy atom. The van der Waals surface area contributed by atoms with Gasteiger partial charge in [0.05, 0.1) is 11.4 Å². The van der Waals surface area contributed by atoms with Crippen molar-refractivity contribution in [1.29, 1.82) is 0 Å². The third-order valence-corrected chi connectivity index (χ3v) is 6.14. The smallest absolute Gasteiger partial charge is 0.226 e. The molecular weight excluding hydrogens is 390 g/mol. The Labute approximate surface area is 184 Å². The Hall–Kier alpha value is -2.93. The van der Waals surface area contributed by atoms with Crippen LogP contribution in [0, 0.1) is 0 Å². The maximum atomic E-state index is 12.5. The molecule has 1 N–H and O–H groups in total. The van der Waals surface area contributed by atoms with Gasteiger partial charge in [-0.1, -0.05) is 12.1 Å². The number of rotatable bonds is 8. The molecule has 7 nitrogen and oxygen atoms in total. The van der Waals surface area contributed by atoms with Crippen molar-refractivity contribution in [2.45, 2.75) is 25.7 Å². The van der Waals surface area contributed by atoms with Crippen LogP contribution in [0.15, 0.2) is 48.8 Å². The van der Waals surface area contributed by atoms with E-state index in [4.69, 9.17) is 0 Å². The Kier molecular flexibility index (Phi) is 7.14. The van der Waals surface area contributed by atoms with E-state index in [2.05, 4.69) is 38.3 Å². The fraction of sp³-hybridized carbons (Fsp3) is 0.458. The van der Waals surface area contributed by atoms with Crippen LogP contribution in [-0.4, -0.2) is 72.4 Å². The molecule has 164 valence electrons. The molecule has 0 spiro atoms. The maximum Gasteiger partial charge on any atom is 0.226 e. The van der Waals surface area contributed by atoms with Gasteiger partial charge in [0.25, 0.3) is 0 Å². The second kappa shape index (κ2) is 10.4. The molecular formula is C24H31N5O2. The summed E-state index contributed by atoms with van der Waals surface area (Å²) in [6.45, 7) is 6.20. The number of para-hydroxylation sites is 2. The van der Waals surface area contributed by atoms with Crippen LogP contribution in [0.25, 0.3) is 0 Å². The zero-order valence-corrected chi connectivity index (χ0v) is 18.0. The highest BCUT2D eigenvalue weighted by atomic mass is 16.2. The molecule has 1 aromatic carbocycles. The van der Waals surface area contributed by atoms with Gasteiger partial charge in [-0.3, -0.25) is 19.5 Å². The Balaban J connectivity index is 1.27. The van der Waals surface area contributed by atoms with E-state index in [0.717, 1.165) is 63.5 Å². The lowest BCUT2D eigenvalue weighted by Gasteiger charge is -2.37. The molecule has 2 fully saturated rings. The topological polar surface area (TPSA) is 68.8 Å². The molecule has 4 rings (SSSR count). The minimum atomic E-state index is -0.0388. The number of anilines is 2. The number of pyridine rings is 1. The Morgan fingerprint density at radius 1 is 0.968 bits per heavy atom. The van der Waals surface area contributed by atoms with Gasteiger partial charge in [-0.15, -0.1) is 0 Å². The number of aromatic nitrogens is 1. The maximum absolute atomic E-state index is 12.5. The number of nitrogens with zero attached hydrogens (tertiary/aromatic N) is 4. The standard InChI is InChI=1S/C24H31N5O2/c30-23(10-15-29-13-3-6-24(29)31)26-21-4-1-2-5-22(21)28-18-16-27(17-19-28)14-9-20-7-11-25-12-8-20/h1-2,4-5,7-8,11-12H,3,6,9-10,13-19H2,(H,26,30). The van der Waals surface area contributed by atoms with Gasteiger partial charge in [0.2, 0.25) is 11.8 Å². The van der Waals surface area contributed by atoms with Gasteiger partial charge < -0.3 is 15.1 Å². The van der Waals surface area contributed by atoms with Gasteiger partial charge in [-0.05, 0) is 42.7 Å². The predicted molar refractivity (Wildman–Crippen MR) is 122 cm³/mol. The van der Waals surface area contributed by atoms with Crippen molar-refractivity contribution in [2.24, 2.45) is 0 Å². The number of amides is 2. The van der Waals surface area contributed by atoms with Crippen molar-refractivity contribution in [1.82, 2.24) is 14.8 Å². The summed E-state index contributed by atoms with van der Waals surface area (Å²) in [7, 11) is 0. The minimum absolute atomic E-state index is 0.0388. The number of hydrogen-bond donors (Lipinski definition) is 1. The molecule has 1 aromatic heterocycles. The summed E-state index contributed by atoms with van der Waals surface area (Å²) in [6.07, 6.45) is 6.58. The molecule has 0 atom stereocenters. The predicted octanol–water partition coefficient (Wildman–Crippen LogP) is 2.40. The van der Waals surface area contributed by atoms with E-state index in [9.17, 15) is 9.59 Å². The van der Waals surface area contributed by atoms with Crippen LogP contribution in [-0.2, 0) is 16.0 Å². The first-order valence-corrected chi connectivity index (χ1v) is 11.2. The van der Waals surface area contributed by atoms with Crippen molar-refractivity contribution < 1.29 is 9.59 Å². The van der Waals surface area contributed by atoms with E-state index in [0.29, 0.717) is 19.4 Å². The third-order valence-electron chi connectivity index (χ3n) is 6.14. The second-order valence-electron chi connectivity index (χ2n) is 8.23. The summed E-state index contributed by atoms with van der Waals surface area (Å²) in [4.78, 5) is 35.0. The highest BCUT2D eigenvalue weighted by Gasteiger charge is 2.22. The molecule has 7 heteroatoms. The highest BCUT2D eigenvalue weighted by molar-refractivity contribution is 5.94. The molecule has 0 unspecified atom stereocenters. The quantitative estimate of drug-likeness (QED) is 0.709. The number of carbonyl (C=O) groups excluding carboxylic acids is 2. The van der Waals surface area contributed by atoms with Crippen LogP contribution in [0.3, 0.4) is 0 Å². The molecule has 2 aliphatic rings. The van der Waals surface area contributed by atoms with Crippen molar-refractivity contribution in [3.8, 4) is 0 Å². The molecule has 2 aliphatic heterocycles. The lowest BCUT2D eigenvalue weighted by atomic mass is 10.1. The fourth-order valence-corrected chi connectivity index (χ4v) is 4.29. The number of benzene rings is 1. The minimum Gasteiger partial charge on any atom is -0.367 e. The zero-order valence-electron chi connectivity index (χ0n) is 18.0. The van der Waals surface area contributed by atoms with E-state index >= 15 is 0 Å². The van der Waals surface area contributed by atoms with Gasteiger partial charge in [0, 0.05) is 71.0 Å².